The molecule has 33 heavy (non-hydrogen) atoms. The lowest BCUT2D eigenvalue weighted by atomic mass is 9.79. The second kappa shape index (κ2) is 9.25. The summed E-state index contributed by atoms with van der Waals surface area (Å²) in [6.45, 7) is 3.93. The predicted octanol–water partition coefficient (Wildman–Crippen LogP) is 2.84. The maximum absolute atomic E-state index is 13.7. The largest absolute Gasteiger partial charge is 0.504 e. The molecule has 182 valence electrons. The van der Waals surface area contributed by atoms with E-state index in [1.807, 2.05) is 13.8 Å². The van der Waals surface area contributed by atoms with Gasteiger partial charge in [-0.3, -0.25) is 4.79 Å². The summed E-state index contributed by atoms with van der Waals surface area (Å²) in [5.74, 6) is -1.69. The zero-order chi connectivity index (χ0) is 23.9. The monoisotopic (exact) mass is 462 g/mol. The molecule has 0 aromatic heterocycles. The molecule has 4 N–H and O–H groups in total. The molecule has 1 aliphatic carbocycles. The van der Waals surface area contributed by atoms with Crippen molar-refractivity contribution in [2.45, 2.75) is 82.6 Å². The topological polar surface area (TPSA) is 129 Å². The normalized spacial score (nSPS) is 37.8. The van der Waals surface area contributed by atoms with E-state index in [1.165, 1.54) is 13.2 Å². The molecule has 1 aromatic rings. The molecule has 0 radical (unpaired) electrons. The summed E-state index contributed by atoms with van der Waals surface area (Å²) >= 11 is 0. The van der Waals surface area contributed by atoms with Crippen LogP contribution in [-0.4, -0.2) is 63.5 Å². The lowest BCUT2D eigenvalue weighted by molar-refractivity contribution is -0.239. The van der Waals surface area contributed by atoms with E-state index in [-0.39, 0.29) is 41.3 Å². The highest BCUT2D eigenvalue weighted by molar-refractivity contribution is 6.02. The Labute approximate surface area is 193 Å². The number of carbonyl (C=O) groups excluding carboxylic acids is 1. The molecule has 8 nitrogen and oxygen atoms in total. The summed E-state index contributed by atoms with van der Waals surface area (Å²) in [7, 11) is 1.33. The summed E-state index contributed by atoms with van der Waals surface area (Å²) in [4.78, 5) is 13.7. The Morgan fingerprint density at radius 3 is 2.64 bits per heavy atom. The van der Waals surface area contributed by atoms with Gasteiger partial charge >= 0.3 is 0 Å². The Kier molecular flexibility index (Phi) is 6.73. The highest BCUT2D eigenvalue weighted by Crippen LogP contribution is 2.51. The van der Waals surface area contributed by atoms with E-state index >= 15 is 0 Å². The number of rotatable bonds is 3. The first kappa shape index (κ1) is 24.0. The van der Waals surface area contributed by atoms with Crippen LogP contribution in [0.25, 0.3) is 0 Å². The van der Waals surface area contributed by atoms with Crippen molar-refractivity contribution < 1.29 is 39.4 Å². The third-order valence-electron chi connectivity index (χ3n) is 7.28. The molecular weight excluding hydrogens is 428 g/mol. The van der Waals surface area contributed by atoms with Crippen LogP contribution in [0, 0.1) is 11.8 Å². The fourth-order valence-electron chi connectivity index (χ4n) is 5.39. The quantitative estimate of drug-likeness (QED) is 0.399. The minimum absolute atomic E-state index is 0.0448. The number of hydrogen-bond acceptors (Lipinski definition) is 8. The molecule has 1 aromatic carbocycles. The molecule has 2 fully saturated rings. The highest BCUT2D eigenvalue weighted by atomic mass is 16.7. The molecule has 2 bridgehead atoms. The van der Waals surface area contributed by atoms with E-state index in [9.17, 15) is 25.2 Å². The number of phenols is 2. The highest BCUT2D eigenvalue weighted by Gasteiger charge is 2.68. The van der Waals surface area contributed by atoms with Crippen LogP contribution in [0.5, 0.6) is 17.2 Å². The van der Waals surface area contributed by atoms with Crippen LogP contribution in [0.2, 0.25) is 0 Å². The smallest absolute Gasteiger partial charge is 0.203 e. The van der Waals surface area contributed by atoms with Crippen LogP contribution >= 0.6 is 0 Å². The lowest BCUT2D eigenvalue weighted by Crippen LogP contribution is -2.55. The average molecular weight is 463 g/mol. The fourth-order valence-corrected chi connectivity index (χ4v) is 5.39. The maximum Gasteiger partial charge on any atom is 0.203 e. The molecule has 8 heteroatoms. The first-order valence-electron chi connectivity index (χ1n) is 11.8. The van der Waals surface area contributed by atoms with Gasteiger partial charge in [0.05, 0.1) is 31.0 Å². The van der Waals surface area contributed by atoms with E-state index in [4.69, 9.17) is 14.2 Å². The molecule has 1 spiro atoms. The minimum Gasteiger partial charge on any atom is -0.504 e. The number of methoxy groups -OCH3 is 1. The number of epoxide rings is 1. The van der Waals surface area contributed by atoms with Crippen LogP contribution in [-0.2, 0) is 15.9 Å². The average Bonchev–Trinajstić information content (AvgIpc) is 3.52. The number of ketones is 1. The van der Waals surface area contributed by atoms with Gasteiger partial charge in [0.15, 0.2) is 29.2 Å². The number of Topliss-reactive ketones (excluding diaryl/α,β-unsaturated/α-hetero) is 1. The molecular formula is C25H34O8. The van der Waals surface area contributed by atoms with Gasteiger partial charge in [-0.15, -0.1) is 0 Å². The van der Waals surface area contributed by atoms with Crippen molar-refractivity contribution in [2.24, 2.45) is 11.8 Å². The first-order valence-corrected chi connectivity index (χ1v) is 11.8. The number of ether oxygens (including phenoxy) is 3. The molecule has 0 saturated carbocycles. The van der Waals surface area contributed by atoms with E-state index in [0.717, 1.165) is 6.42 Å². The van der Waals surface area contributed by atoms with Gasteiger partial charge in [-0.05, 0) is 49.7 Å². The molecule has 2 aliphatic heterocycles. The van der Waals surface area contributed by atoms with Crippen molar-refractivity contribution in [2.75, 3.05) is 7.11 Å². The van der Waals surface area contributed by atoms with E-state index in [0.29, 0.717) is 31.2 Å². The number of benzene rings is 1. The van der Waals surface area contributed by atoms with Gasteiger partial charge in [0.1, 0.15) is 0 Å². The number of phenolic OH excluding ortho intramolecular Hbond substituents is 2. The van der Waals surface area contributed by atoms with Crippen molar-refractivity contribution in [3.63, 3.8) is 0 Å². The third kappa shape index (κ3) is 4.14. The SMILES string of the molecule is CC[C@H]1OC12[C@H](O)C[C@H](C1CCC/C=C/C(C)Cc3cc(c(O)c(OC)c3O)C1=O)O[C@H]2O. The van der Waals surface area contributed by atoms with Crippen LogP contribution in [0.1, 0.15) is 61.9 Å². The van der Waals surface area contributed by atoms with Gasteiger partial charge in [-0.25, -0.2) is 0 Å². The summed E-state index contributed by atoms with van der Waals surface area (Å²) in [5.41, 5.74) is -0.580. The van der Waals surface area contributed by atoms with E-state index in [2.05, 4.69) is 12.2 Å². The Bertz CT molecular complexity index is 913. The van der Waals surface area contributed by atoms with Gasteiger partial charge in [-0.1, -0.05) is 26.0 Å². The van der Waals surface area contributed by atoms with E-state index in [1.54, 1.807) is 0 Å². The number of allylic oxidation sites excluding steroid dienone is 2. The Hall–Kier alpha value is -2.13. The van der Waals surface area contributed by atoms with Crippen LogP contribution in [0.15, 0.2) is 18.2 Å². The first-order chi connectivity index (χ1) is 15.7. The fraction of sp³-hybridized carbons (Fsp3) is 0.640. The molecule has 3 aliphatic rings. The summed E-state index contributed by atoms with van der Waals surface area (Å²) in [5, 5.41) is 42.9. The van der Waals surface area contributed by atoms with Gasteiger partial charge in [0.2, 0.25) is 5.75 Å². The van der Waals surface area contributed by atoms with Gasteiger partial charge in [0.25, 0.3) is 0 Å². The summed E-state index contributed by atoms with van der Waals surface area (Å²) in [6.07, 6.45) is 3.95. The Balaban J connectivity index is 1.70. The third-order valence-corrected chi connectivity index (χ3v) is 7.28. The van der Waals surface area contributed by atoms with E-state index < -0.39 is 35.8 Å². The maximum atomic E-state index is 13.7. The predicted molar refractivity (Wildman–Crippen MR) is 119 cm³/mol. The standard InChI is InChI=1S/C25H34O8/c1-4-19-25(33-19)18(26)12-17(32-24(25)30)15-9-7-5-6-8-13(2)10-14-11-16(21(15)28)22(29)23(31-3)20(14)27/h6,8,11,13,15,17-19,24,26-27,29-30H,4-5,7,9-10,12H2,1-3H3/b8-6+/t13?,15?,17-,18-,19-,24-,25?/m1/s1. The molecule has 4 rings (SSSR count). The number of aromatic hydroxyl groups is 2. The number of aliphatic hydroxyl groups is 2. The number of hydrogen-bond donors (Lipinski definition) is 4. The molecule has 2 heterocycles. The van der Waals surface area contributed by atoms with Gasteiger partial charge in [0, 0.05) is 12.3 Å². The van der Waals surface area contributed by atoms with Crippen molar-refractivity contribution in [3.8, 4) is 17.2 Å². The number of fused-ring (bicyclic) bond motifs is 2. The molecule has 3 unspecified atom stereocenters. The number of aliphatic hydroxyl groups excluding tert-OH is 2. The Morgan fingerprint density at radius 2 is 2.00 bits per heavy atom. The molecule has 0 amide bonds. The van der Waals surface area contributed by atoms with Crippen molar-refractivity contribution >= 4 is 5.78 Å². The van der Waals surface area contributed by atoms with Crippen molar-refractivity contribution in [1.29, 1.82) is 0 Å². The zero-order valence-electron chi connectivity index (χ0n) is 19.4. The lowest BCUT2D eigenvalue weighted by Gasteiger charge is -2.39. The number of carbonyl (C=O) groups is 1. The molecule has 7 atom stereocenters. The van der Waals surface area contributed by atoms with Gasteiger partial charge in [-0.2, -0.15) is 0 Å². The zero-order valence-corrected chi connectivity index (χ0v) is 19.4. The van der Waals surface area contributed by atoms with Crippen LogP contribution in [0.4, 0.5) is 0 Å². The van der Waals surface area contributed by atoms with Crippen molar-refractivity contribution in [3.05, 3.63) is 29.3 Å². The summed E-state index contributed by atoms with van der Waals surface area (Å²) < 4.78 is 16.7. The molecule has 2 saturated heterocycles. The Morgan fingerprint density at radius 1 is 1.24 bits per heavy atom. The second-order valence-corrected chi connectivity index (χ2v) is 9.47. The second-order valence-electron chi connectivity index (χ2n) is 9.47. The van der Waals surface area contributed by atoms with Crippen LogP contribution < -0.4 is 4.74 Å². The van der Waals surface area contributed by atoms with Crippen molar-refractivity contribution in [1.82, 2.24) is 0 Å². The minimum atomic E-state index is -1.34. The van der Waals surface area contributed by atoms with Crippen LogP contribution in [0.3, 0.4) is 0 Å². The summed E-state index contributed by atoms with van der Waals surface area (Å²) in [6, 6.07) is 1.52. The van der Waals surface area contributed by atoms with Gasteiger partial charge < -0.3 is 34.6 Å².